The number of rotatable bonds is 4. The first kappa shape index (κ1) is 12.8. The Labute approximate surface area is 96.3 Å². The van der Waals surface area contributed by atoms with E-state index in [1.807, 2.05) is 6.92 Å². The highest BCUT2D eigenvalue weighted by Crippen LogP contribution is 2.29. The Kier molecular flexibility index (Phi) is 3.80. The van der Waals surface area contributed by atoms with Crippen LogP contribution in [0.5, 0.6) is 5.75 Å². The van der Waals surface area contributed by atoms with Crippen molar-refractivity contribution in [1.82, 2.24) is 0 Å². The van der Waals surface area contributed by atoms with Gasteiger partial charge in [0.2, 0.25) is 0 Å². The molecule has 0 saturated carbocycles. The zero-order valence-electron chi connectivity index (χ0n) is 9.73. The third kappa shape index (κ3) is 2.47. The van der Waals surface area contributed by atoms with Crippen LogP contribution in [-0.4, -0.2) is 20.3 Å². The van der Waals surface area contributed by atoms with Crippen LogP contribution in [0.1, 0.15) is 20.8 Å². The Hall–Kier alpha value is -1.23. The van der Waals surface area contributed by atoms with Gasteiger partial charge in [0.1, 0.15) is 10.6 Å². The van der Waals surface area contributed by atoms with E-state index in [2.05, 4.69) is 0 Å². The first-order valence-electron chi connectivity index (χ1n) is 5.15. The molecule has 1 aromatic carbocycles. The summed E-state index contributed by atoms with van der Waals surface area (Å²) in [7, 11) is -3.36. The molecule has 90 valence electrons. The predicted molar refractivity (Wildman–Crippen MR) is 64.3 cm³/mol. The minimum Gasteiger partial charge on any atom is -0.493 e. The van der Waals surface area contributed by atoms with E-state index in [-0.39, 0.29) is 4.90 Å². The van der Waals surface area contributed by atoms with Crippen molar-refractivity contribution in [3.63, 3.8) is 0 Å². The Bertz CT molecular complexity index is 466. The molecule has 1 rings (SSSR count). The van der Waals surface area contributed by atoms with Crippen LogP contribution in [0.2, 0.25) is 0 Å². The molecule has 0 aromatic heterocycles. The van der Waals surface area contributed by atoms with E-state index in [9.17, 15) is 8.42 Å². The maximum Gasteiger partial charge on any atom is 0.184 e. The molecule has 0 spiro atoms. The summed E-state index contributed by atoms with van der Waals surface area (Å²) >= 11 is 0. The van der Waals surface area contributed by atoms with Crippen LogP contribution in [0.4, 0.5) is 5.69 Å². The molecule has 0 atom stereocenters. The van der Waals surface area contributed by atoms with Crippen molar-refractivity contribution in [2.45, 2.75) is 30.9 Å². The highest BCUT2D eigenvalue weighted by Gasteiger charge is 2.23. The van der Waals surface area contributed by atoms with E-state index in [1.54, 1.807) is 26.0 Å². The van der Waals surface area contributed by atoms with E-state index >= 15 is 0 Å². The molecule has 2 N–H and O–H groups in total. The zero-order valence-corrected chi connectivity index (χ0v) is 10.5. The molecular weight excluding hydrogens is 226 g/mol. The summed E-state index contributed by atoms with van der Waals surface area (Å²) in [6.07, 6.45) is 0. The highest BCUT2D eigenvalue weighted by molar-refractivity contribution is 7.92. The Morgan fingerprint density at radius 3 is 2.50 bits per heavy atom. The molecular formula is C11H17NO3S. The standard InChI is InChI=1S/C11H17NO3S/c1-4-15-10-6-5-9(12)7-11(10)16(13,14)8(2)3/h5-8H,4,12H2,1-3H3. The first-order chi connectivity index (χ1) is 7.39. The van der Waals surface area contributed by atoms with E-state index in [0.717, 1.165) is 0 Å². The van der Waals surface area contributed by atoms with Gasteiger partial charge in [0.05, 0.1) is 11.9 Å². The topological polar surface area (TPSA) is 69.4 Å². The lowest BCUT2D eigenvalue weighted by atomic mass is 10.3. The quantitative estimate of drug-likeness (QED) is 0.819. The summed E-state index contributed by atoms with van der Waals surface area (Å²) in [5.41, 5.74) is 6.02. The second kappa shape index (κ2) is 4.74. The number of nitrogen functional groups attached to an aromatic ring is 1. The molecule has 16 heavy (non-hydrogen) atoms. The number of hydrogen-bond donors (Lipinski definition) is 1. The molecule has 0 saturated heterocycles. The Balaban J connectivity index is 3.36. The second-order valence-corrected chi connectivity index (χ2v) is 6.21. The minimum atomic E-state index is -3.36. The van der Waals surface area contributed by atoms with Crippen LogP contribution in [0.25, 0.3) is 0 Å². The highest BCUT2D eigenvalue weighted by atomic mass is 32.2. The van der Waals surface area contributed by atoms with Gasteiger partial charge >= 0.3 is 0 Å². The second-order valence-electron chi connectivity index (χ2n) is 3.73. The lowest BCUT2D eigenvalue weighted by molar-refractivity contribution is 0.331. The zero-order chi connectivity index (χ0) is 12.3. The molecule has 0 radical (unpaired) electrons. The van der Waals surface area contributed by atoms with Gasteiger partial charge in [0, 0.05) is 5.69 Å². The van der Waals surface area contributed by atoms with Gasteiger partial charge in [-0.15, -0.1) is 0 Å². The van der Waals surface area contributed by atoms with E-state index in [1.165, 1.54) is 6.07 Å². The number of hydrogen-bond acceptors (Lipinski definition) is 4. The molecule has 0 aliphatic rings. The fourth-order valence-electron chi connectivity index (χ4n) is 1.28. The molecule has 0 bridgehead atoms. The van der Waals surface area contributed by atoms with Gasteiger partial charge in [0.15, 0.2) is 9.84 Å². The molecule has 0 heterocycles. The van der Waals surface area contributed by atoms with Crippen LogP contribution >= 0.6 is 0 Å². The Morgan fingerprint density at radius 1 is 1.38 bits per heavy atom. The van der Waals surface area contributed by atoms with Gasteiger partial charge in [0.25, 0.3) is 0 Å². The van der Waals surface area contributed by atoms with Crippen molar-refractivity contribution in [3.05, 3.63) is 18.2 Å². The lowest BCUT2D eigenvalue weighted by Gasteiger charge is -2.13. The van der Waals surface area contributed by atoms with Crippen molar-refractivity contribution >= 4 is 15.5 Å². The predicted octanol–water partition coefficient (Wildman–Crippen LogP) is 1.85. The van der Waals surface area contributed by atoms with Gasteiger partial charge in [-0.05, 0) is 39.0 Å². The Morgan fingerprint density at radius 2 is 2.00 bits per heavy atom. The molecule has 0 aliphatic carbocycles. The minimum absolute atomic E-state index is 0.171. The van der Waals surface area contributed by atoms with Crippen LogP contribution in [0.3, 0.4) is 0 Å². The van der Waals surface area contributed by atoms with Crippen molar-refractivity contribution in [2.24, 2.45) is 0 Å². The molecule has 0 amide bonds. The van der Waals surface area contributed by atoms with Crippen molar-refractivity contribution in [3.8, 4) is 5.75 Å². The lowest BCUT2D eigenvalue weighted by Crippen LogP contribution is -2.15. The summed E-state index contributed by atoms with van der Waals surface area (Å²) in [6, 6.07) is 4.67. The summed E-state index contributed by atoms with van der Waals surface area (Å²) in [4.78, 5) is 0.171. The molecule has 5 heteroatoms. The molecule has 0 unspecified atom stereocenters. The number of benzene rings is 1. The maximum absolute atomic E-state index is 12.0. The van der Waals surface area contributed by atoms with E-state index in [0.29, 0.717) is 18.0 Å². The average Bonchev–Trinajstić information content (AvgIpc) is 2.20. The fraction of sp³-hybridized carbons (Fsp3) is 0.455. The van der Waals surface area contributed by atoms with Gasteiger partial charge < -0.3 is 10.5 Å². The van der Waals surface area contributed by atoms with Crippen molar-refractivity contribution in [2.75, 3.05) is 12.3 Å². The summed E-state index contributed by atoms with van der Waals surface area (Å²) in [5, 5.41) is -0.492. The largest absolute Gasteiger partial charge is 0.493 e. The SMILES string of the molecule is CCOc1ccc(N)cc1S(=O)(=O)C(C)C. The monoisotopic (exact) mass is 243 g/mol. The number of nitrogens with two attached hydrogens (primary N) is 1. The molecule has 1 aromatic rings. The van der Waals surface area contributed by atoms with E-state index < -0.39 is 15.1 Å². The average molecular weight is 243 g/mol. The van der Waals surface area contributed by atoms with Gasteiger partial charge in [-0.1, -0.05) is 0 Å². The number of sulfone groups is 1. The van der Waals surface area contributed by atoms with Gasteiger partial charge in [-0.3, -0.25) is 0 Å². The van der Waals surface area contributed by atoms with Crippen LogP contribution < -0.4 is 10.5 Å². The normalized spacial score (nSPS) is 11.8. The third-order valence-electron chi connectivity index (χ3n) is 2.19. The molecule has 0 fully saturated rings. The third-order valence-corrected chi connectivity index (χ3v) is 4.37. The van der Waals surface area contributed by atoms with Gasteiger partial charge in [-0.25, -0.2) is 8.42 Å². The summed E-state index contributed by atoms with van der Waals surface area (Å²) < 4.78 is 29.4. The molecule has 4 nitrogen and oxygen atoms in total. The van der Waals surface area contributed by atoms with Crippen LogP contribution in [0, 0.1) is 0 Å². The van der Waals surface area contributed by atoms with Gasteiger partial charge in [-0.2, -0.15) is 0 Å². The van der Waals surface area contributed by atoms with Crippen LogP contribution in [0.15, 0.2) is 23.1 Å². The number of anilines is 1. The maximum atomic E-state index is 12.0. The van der Waals surface area contributed by atoms with Crippen molar-refractivity contribution < 1.29 is 13.2 Å². The molecule has 0 aliphatic heterocycles. The first-order valence-corrected chi connectivity index (χ1v) is 6.70. The number of ether oxygens (including phenoxy) is 1. The summed E-state index contributed by atoms with van der Waals surface area (Å²) in [5.74, 6) is 0.366. The summed E-state index contributed by atoms with van der Waals surface area (Å²) in [6.45, 7) is 5.50. The fourth-order valence-corrected chi connectivity index (χ4v) is 2.49. The van der Waals surface area contributed by atoms with E-state index in [4.69, 9.17) is 10.5 Å². The smallest absolute Gasteiger partial charge is 0.184 e. The van der Waals surface area contributed by atoms with Crippen LogP contribution in [-0.2, 0) is 9.84 Å². The van der Waals surface area contributed by atoms with Crippen molar-refractivity contribution in [1.29, 1.82) is 0 Å².